The fourth-order valence-corrected chi connectivity index (χ4v) is 3.27. The Morgan fingerprint density at radius 2 is 2.27 bits per heavy atom. The lowest BCUT2D eigenvalue weighted by atomic mass is 9.78. The lowest BCUT2D eigenvalue weighted by molar-refractivity contribution is -0.0246. The van der Waals surface area contributed by atoms with Gasteiger partial charge in [-0.3, -0.25) is 0 Å². The van der Waals surface area contributed by atoms with Crippen molar-refractivity contribution in [3.8, 4) is 0 Å². The van der Waals surface area contributed by atoms with Gasteiger partial charge in [0, 0.05) is 19.0 Å². The summed E-state index contributed by atoms with van der Waals surface area (Å²) in [5.41, 5.74) is 6.56. The number of aromatic nitrogens is 4. The highest BCUT2D eigenvalue weighted by molar-refractivity contribution is 5.84. The first-order chi connectivity index (χ1) is 10.4. The highest BCUT2D eigenvalue weighted by atomic mass is 16.3. The summed E-state index contributed by atoms with van der Waals surface area (Å²) in [6, 6.07) is 0. The van der Waals surface area contributed by atoms with Gasteiger partial charge in [-0.05, 0) is 25.7 Å². The second kappa shape index (κ2) is 5.39. The van der Waals surface area contributed by atoms with Crippen LogP contribution in [0.4, 0.5) is 11.8 Å². The highest BCUT2D eigenvalue weighted by Crippen LogP contribution is 2.35. The molecule has 4 N–H and O–H groups in total. The third-order valence-electron chi connectivity index (χ3n) is 4.55. The minimum absolute atomic E-state index is 0.204. The van der Waals surface area contributed by atoms with Crippen LogP contribution in [0.25, 0.3) is 11.2 Å². The fraction of sp³-hybridized carbons (Fsp3) is 0.667. The first-order valence-corrected chi connectivity index (χ1v) is 7.80. The predicted octanol–water partition coefficient (Wildman–Crippen LogP) is 1.56. The molecule has 1 aliphatic heterocycles. The predicted molar refractivity (Wildman–Crippen MR) is 86.5 cm³/mol. The SMILES string of the molecule is CC(C)C[C@@H]1CN(c2nc(N)nc3nc[nH]c23)CC[C@]1(C)O. The van der Waals surface area contributed by atoms with Crippen LogP contribution in [0.2, 0.25) is 0 Å². The van der Waals surface area contributed by atoms with Crippen molar-refractivity contribution in [1.82, 2.24) is 19.9 Å². The van der Waals surface area contributed by atoms with Gasteiger partial charge in [-0.15, -0.1) is 0 Å². The summed E-state index contributed by atoms with van der Waals surface area (Å²) in [5, 5.41) is 10.7. The molecule has 7 nitrogen and oxygen atoms in total. The van der Waals surface area contributed by atoms with Gasteiger partial charge in [-0.2, -0.15) is 9.97 Å². The Hall–Kier alpha value is -1.89. The summed E-state index contributed by atoms with van der Waals surface area (Å²) < 4.78 is 0. The standard InChI is InChI=1S/C15H24N6O/c1-9(2)6-10-7-21(5-4-15(10,3)22)13-11-12(18-8-17-11)19-14(16)20-13/h8-10,22H,4-7H2,1-3H3,(H3,16,17,18,19,20)/t10-,15+/m1/s1. The van der Waals surface area contributed by atoms with Crippen LogP contribution in [-0.4, -0.2) is 43.7 Å². The third kappa shape index (κ3) is 2.72. The van der Waals surface area contributed by atoms with Crippen molar-refractivity contribution < 1.29 is 5.11 Å². The van der Waals surface area contributed by atoms with Crippen molar-refractivity contribution in [3.05, 3.63) is 6.33 Å². The summed E-state index contributed by atoms with van der Waals surface area (Å²) in [6.07, 6.45) is 3.30. The molecule has 120 valence electrons. The largest absolute Gasteiger partial charge is 0.390 e. The minimum atomic E-state index is -0.632. The van der Waals surface area contributed by atoms with Crippen molar-refractivity contribution in [2.24, 2.45) is 11.8 Å². The Morgan fingerprint density at radius 3 is 3.00 bits per heavy atom. The fourth-order valence-electron chi connectivity index (χ4n) is 3.27. The molecule has 0 aromatic carbocycles. The summed E-state index contributed by atoms with van der Waals surface area (Å²) in [6.45, 7) is 7.81. The molecule has 0 bridgehead atoms. The maximum atomic E-state index is 10.7. The van der Waals surface area contributed by atoms with E-state index < -0.39 is 5.60 Å². The number of aromatic amines is 1. The molecule has 3 rings (SSSR count). The van der Waals surface area contributed by atoms with E-state index in [1.165, 1.54) is 0 Å². The van der Waals surface area contributed by atoms with Gasteiger partial charge in [0.15, 0.2) is 11.5 Å². The number of anilines is 2. The van der Waals surface area contributed by atoms with Crippen LogP contribution in [0.15, 0.2) is 6.33 Å². The van der Waals surface area contributed by atoms with Crippen LogP contribution in [0, 0.1) is 11.8 Å². The molecular formula is C15H24N6O. The first kappa shape index (κ1) is 15.0. The van der Waals surface area contributed by atoms with Gasteiger partial charge in [0.1, 0.15) is 5.52 Å². The van der Waals surface area contributed by atoms with Gasteiger partial charge in [0.05, 0.1) is 11.9 Å². The summed E-state index contributed by atoms with van der Waals surface area (Å²) in [5.74, 6) is 1.76. The number of aliphatic hydroxyl groups is 1. The molecule has 7 heteroatoms. The second-order valence-electron chi connectivity index (χ2n) is 6.89. The van der Waals surface area contributed by atoms with Gasteiger partial charge in [-0.25, -0.2) is 4.98 Å². The molecule has 1 aliphatic rings. The summed E-state index contributed by atoms with van der Waals surface area (Å²) in [4.78, 5) is 18.0. The van der Waals surface area contributed by atoms with E-state index in [4.69, 9.17) is 5.73 Å². The third-order valence-corrected chi connectivity index (χ3v) is 4.55. The molecule has 2 aromatic heterocycles. The number of hydrogen-bond acceptors (Lipinski definition) is 6. The van der Waals surface area contributed by atoms with Crippen molar-refractivity contribution in [3.63, 3.8) is 0 Å². The molecule has 22 heavy (non-hydrogen) atoms. The van der Waals surface area contributed by atoms with Gasteiger partial charge >= 0.3 is 0 Å². The number of nitrogen functional groups attached to an aromatic ring is 1. The van der Waals surface area contributed by atoms with Crippen LogP contribution >= 0.6 is 0 Å². The molecular weight excluding hydrogens is 280 g/mol. The number of H-pyrrole nitrogens is 1. The Kier molecular flexibility index (Phi) is 3.68. The summed E-state index contributed by atoms with van der Waals surface area (Å²) in [7, 11) is 0. The normalized spacial score (nSPS) is 26.0. The van der Waals surface area contributed by atoms with Gasteiger partial charge in [-0.1, -0.05) is 13.8 Å². The van der Waals surface area contributed by atoms with E-state index in [1.807, 2.05) is 6.92 Å². The van der Waals surface area contributed by atoms with Crippen LogP contribution in [0.5, 0.6) is 0 Å². The van der Waals surface area contributed by atoms with E-state index in [9.17, 15) is 5.11 Å². The first-order valence-electron chi connectivity index (χ1n) is 7.80. The monoisotopic (exact) mass is 304 g/mol. The van der Waals surface area contributed by atoms with E-state index in [2.05, 4.69) is 38.7 Å². The molecule has 2 aromatic rings. The smallest absolute Gasteiger partial charge is 0.224 e. The summed E-state index contributed by atoms with van der Waals surface area (Å²) >= 11 is 0. The number of nitrogens with two attached hydrogens (primary N) is 1. The molecule has 0 unspecified atom stereocenters. The minimum Gasteiger partial charge on any atom is -0.390 e. The van der Waals surface area contributed by atoms with Gasteiger partial charge in [0.25, 0.3) is 0 Å². The zero-order valence-corrected chi connectivity index (χ0v) is 13.4. The van der Waals surface area contributed by atoms with Gasteiger partial charge in [0.2, 0.25) is 5.95 Å². The quantitative estimate of drug-likeness (QED) is 0.795. The molecule has 0 amide bonds. The number of rotatable bonds is 3. The maximum Gasteiger partial charge on any atom is 0.224 e. The topological polar surface area (TPSA) is 104 Å². The van der Waals surface area contributed by atoms with E-state index in [-0.39, 0.29) is 11.9 Å². The number of imidazole rings is 1. The number of hydrogen-bond donors (Lipinski definition) is 3. The highest BCUT2D eigenvalue weighted by Gasteiger charge is 2.38. The molecule has 0 saturated carbocycles. The van der Waals surface area contributed by atoms with E-state index in [1.54, 1.807) is 6.33 Å². The molecule has 3 heterocycles. The zero-order valence-electron chi connectivity index (χ0n) is 13.4. The Labute approximate surface area is 130 Å². The lowest BCUT2D eigenvalue weighted by Crippen LogP contribution is -2.51. The van der Waals surface area contributed by atoms with Crippen molar-refractivity contribution >= 4 is 22.9 Å². The molecule has 2 atom stereocenters. The molecule has 1 fully saturated rings. The molecule has 0 spiro atoms. The average molecular weight is 304 g/mol. The number of piperidine rings is 1. The average Bonchev–Trinajstić information content (AvgIpc) is 2.87. The second-order valence-corrected chi connectivity index (χ2v) is 6.89. The van der Waals surface area contributed by atoms with Crippen molar-refractivity contribution in [2.45, 2.75) is 39.2 Å². The number of nitrogens with zero attached hydrogens (tertiary/aromatic N) is 4. The van der Waals surface area contributed by atoms with E-state index in [0.717, 1.165) is 30.8 Å². The van der Waals surface area contributed by atoms with Crippen LogP contribution < -0.4 is 10.6 Å². The Morgan fingerprint density at radius 1 is 1.50 bits per heavy atom. The van der Waals surface area contributed by atoms with Gasteiger partial charge < -0.3 is 20.7 Å². The van der Waals surface area contributed by atoms with Crippen molar-refractivity contribution in [1.29, 1.82) is 0 Å². The van der Waals surface area contributed by atoms with Crippen LogP contribution in [0.1, 0.15) is 33.6 Å². The van der Waals surface area contributed by atoms with Crippen LogP contribution in [-0.2, 0) is 0 Å². The molecule has 0 aliphatic carbocycles. The van der Waals surface area contributed by atoms with Crippen LogP contribution in [0.3, 0.4) is 0 Å². The zero-order chi connectivity index (χ0) is 15.9. The Bertz CT molecular complexity index is 665. The van der Waals surface area contributed by atoms with Crippen molar-refractivity contribution in [2.75, 3.05) is 23.7 Å². The molecule has 1 saturated heterocycles. The van der Waals surface area contributed by atoms with E-state index >= 15 is 0 Å². The maximum absolute atomic E-state index is 10.7. The Balaban J connectivity index is 1.92. The number of fused-ring (bicyclic) bond motifs is 1. The lowest BCUT2D eigenvalue weighted by Gasteiger charge is -2.44. The number of nitrogens with one attached hydrogen (secondary N) is 1. The molecule has 0 radical (unpaired) electrons. The van der Waals surface area contributed by atoms with E-state index in [0.29, 0.717) is 18.0 Å².